The molecule has 2 N–H and O–H groups in total. The molecule has 0 spiro atoms. The number of nitrogens with one attached hydrogen (secondary N) is 1. The van der Waals surface area contributed by atoms with Crippen LogP contribution in [0.4, 0.5) is 13.2 Å². The number of nitrogens with zero attached hydrogens (tertiary/aromatic N) is 3. The number of aromatic amines is 1. The molecule has 26 heavy (non-hydrogen) atoms. The van der Waals surface area contributed by atoms with E-state index >= 15 is 0 Å². The van der Waals surface area contributed by atoms with Crippen molar-refractivity contribution in [3.8, 4) is 0 Å². The molecular weight excluding hydrogens is 349 g/mol. The lowest BCUT2D eigenvalue weighted by Gasteiger charge is -2.15. The predicted molar refractivity (Wildman–Crippen MR) is 88.7 cm³/mol. The maximum Gasteiger partial charge on any atom is 0.416 e. The van der Waals surface area contributed by atoms with E-state index in [1.807, 2.05) is 6.92 Å². The molecule has 0 saturated heterocycles. The maximum absolute atomic E-state index is 12.7. The SMILES string of the molecule is CCc1nc2c(c(CO)nn2[C@H](C)c2ccc(C(F)(F)F)cc2)c(=O)[nH]1. The van der Waals surface area contributed by atoms with Crippen molar-refractivity contribution < 1.29 is 18.3 Å². The molecule has 0 aliphatic carbocycles. The minimum absolute atomic E-state index is 0.176. The molecule has 6 nitrogen and oxygen atoms in total. The highest BCUT2D eigenvalue weighted by Crippen LogP contribution is 2.31. The average molecular weight is 366 g/mol. The van der Waals surface area contributed by atoms with Gasteiger partial charge in [0.25, 0.3) is 5.56 Å². The summed E-state index contributed by atoms with van der Waals surface area (Å²) in [7, 11) is 0. The van der Waals surface area contributed by atoms with Crippen LogP contribution in [0.15, 0.2) is 29.1 Å². The standard InChI is InChI=1S/C17H17F3N4O2/c1-3-13-21-15-14(16(26)22-13)12(8-25)23-24(15)9(2)10-4-6-11(7-5-10)17(18,19)20/h4-7,9,25H,3,8H2,1-2H3,(H,21,22,26)/t9-/m1/s1. The molecule has 0 unspecified atom stereocenters. The fourth-order valence-electron chi connectivity index (χ4n) is 2.80. The van der Waals surface area contributed by atoms with Gasteiger partial charge in [-0.15, -0.1) is 0 Å². The second-order valence-electron chi connectivity index (χ2n) is 5.91. The van der Waals surface area contributed by atoms with E-state index in [0.29, 0.717) is 23.5 Å². The molecule has 0 aliphatic heterocycles. The number of alkyl halides is 3. The summed E-state index contributed by atoms with van der Waals surface area (Å²) in [4.78, 5) is 19.3. The van der Waals surface area contributed by atoms with E-state index in [4.69, 9.17) is 0 Å². The summed E-state index contributed by atoms with van der Waals surface area (Å²) in [5, 5.41) is 13.9. The summed E-state index contributed by atoms with van der Waals surface area (Å²) < 4.78 is 39.7. The first-order chi connectivity index (χ1) is 12.3. The molecule has 1 atom stereocenters. The van der Waals surface area contributed by atoms with Gasteiger partial charge < -0.3 is 10.1 Å². The quantitative estimate of drug-likeness (QED) is 0.744. The highest BCUT2D eigenvalue weighted by Gasteiger charge is 2.30. The highest BCUT2D eigenvalue weighted by molar-refractivity contribution is 5.77. The van der Waals surface area contributed by atoms with Gasteiger partial charge in [-0.25, -0.2) is 9.67 Å². The van der Waals surface area contributed by atoms with Crippen LogP contribution in [-0.2, 0) is 19.2 Å². The Kier molecular flexibility index (Phi) is 4.57. The molecule has 3 rings (SSSR count). The van der Waals surface area contributed by atoms with Gasteiger partial charge in [0.15, 0.2) is 5.65 Å². The molecular formula is C17H17F3N4O2. The normalized spacial score (nSPS) is 13.3. The van der Waals surface area contributed by atoms with Crippen LogP contribution in [0.5, 0.6) is 0 Å². The number of halogens is 3. The van der Waals surface area contributed by atoms with Crippen LogP contribution in [0.2, 0.25) is 0 Å². The Hall–Kier alpha value is -2.68. The summed E-state index contributed by atoms with van der Waals surface area (Å²) in [5.41, 5.74) is -0.0938. The summed E-state index contributed by atoms with van der Waals surface area (Å²) in [6.07, 6.45) is -3.91. The smallest absolute Gasteiger partial charge is 0.390 e. The average Bonchev–Trinajstić information content (AvgIpc) is 2.99. The number of fused-ring (bicyclic) bond motifs is 1. The lowest BCUT2D eigenvalue weighted by Crippen LogP contribution is -2.14. The first-order valence-electron chi connectivity index (χ1n) is 8.04. The van der Waals surface area contributed by atoms with E-state index in [1.165, 1.54) is 16.8 Å². The van der Waals surface area contributed by atoms with E-state index in [9.17, 15) is 23.1 Å². The number of aliphatic hydroxyl groups is 1. The van der Waals surface area contributed by atoms with Gasteiger partial charge in [-0.1, -0.05) is 19.1 Å². The van der Waals surface area contributed by atoms with Crippen molar-refractivity contribution in [1.29, 1.82) is 0 Å². The van der Waals surface area contributed by atoms with Crippen molar-refractivity contribution in [2.45, 2.75) is 39.1 Å². The number of H-pyrrole nitrogens is 1. The fourth-order valence-corrected chi connectivity index (χ4v) is 2.80. The summed E-state index contributed by atoms with van der Waals surface area (Å²) >= 11 is 0. The second kappa shape index (κ2) is 6.56. The molecule has 138 valence electrons. The summed E-state index contributed by atoms with van der Waals surface area (Å²) in [5.74, 6) is 0.466. The number of aromatic nitrogens is 4. The Morgan fingerprint density at radius 3 is 2.46 bits per heavy atom. The van der Waals surface area contributed by atoms with E-state index in [1.54, 1.807) is 6.92 Å². The van der Waals surface area contributed by atoms with Gasteiger partial charge in [0.05, 0.1) is 18.2 Å². The number of aryl methyl sites for hydroxylation is 1. The molecule has 1 aromatic carbocycles. The first kappa shape index (κ1) is 18.1. The third-order valence-electron chi connectivity index (χ3n) is 4.26. The zero-order valence-electron chi connectivity index (χ0n) is 14.1. The molecule has 0 saturated carbocycles. The van der Waals surface area contributed by atoms with Crippen molar-refractivity contribution in [2.75, 3.05) is 0 Å². The zero-order chi connectivity index (χ0) is 19.1. The minimum Gasteiger partial charge on any atom is -0.390 e. The predicted octanol–water partition coefficient (Wildman–Crippen LogP) is 2.80. The zero-order valence-corrected chi connectivity index (χ0v) is 14.1. The number of aliphatic hydroxyl groups excluding tert-OH is 1. The Balaban J connectivity index is 2.12. The molecule has 2 heterocycles. The van der Waals surface area contributed by atoms with Crippen molar-refractivity contribution in [3.63, 3.8) is 0 Å². The lowest BCUT2D eigenvalue weighted by molar-refractivity contribution is -0.137. The van der Waals surface area contributed by atoms with Crippen molar-refractivity contribution >= 4 is 11.0 Å². The first-order valence-corrected chi connectivity index (χ1v) is 8.04. The van der Waals surface area contributed by atoms with Gasteiger partial charge in [-0.3, -0.25) is 4.79 Å². The minimum atomic E-state index is -4.41. The monoisotopic (exact) mass is 366 g/mol. The topological polar surface area (TPSA) is 83.8 Å². The summed E-state index contributed by atoms with van der Waals surface area (Å²) in [6, 6.07) is 4.27. The number of hydrogen-bond donors (Lipinski definition) is 2. The Morgan fingerprint density at radius 1 is 1.27 bits per heavy atom. The van der Waals surface area contributed by atoms with E-state index < -0.39 is 29.9 Å². The lowest BCUT2D eigenvalue weighted by atomic mass is 10.1. The van der Waals surface area contributed by atoms with Gasteiger partial charge in [0.2, 0.25) is 0 Å². The van der Waals surface area contributed by atoms with E-state index in [2.05, 4.69) is 15.1 Å². The Bertz CT molecular complexity index is 990. The molecule has 3 aromatic rings. The summed E-state index contributed by atoms with van der Waals surface area (Å²) in [6.45, 7) is 3.13. The molecule has 0 amide bonds. The van der Waals surface area contributed by atoms with Crippen molar-refractivity contribution in [2.24, 2.45) is 0 Å². The fraction of sp³-hybridized carbons (Fsp3) is 0.353. The van der Waals surface area contributed by atoms with Gasteiger partial charge in [-0.2, -0.15) is 18.3 Å². The van der Waals surface area contributed by atoms with E-state index in [-0.39, 0.29) is 11.1 Å². The molecule has 0 radical (unpaired) electrons. The third-order valence-corrected chi connectivity index (χ3v) is 4.26. The van der Waals surface area contributed by atoms with Crippen LogP contribution in [0.3, 0.4) is 0 Å². The molecule has 0 aliphatic rings. The van der Waals surface area contributed by atoms with Crippen LogP contribution in [-0.4, -0.2) is 24.9 Å². The Morgan fingerprint density at radius 2 is 1.92 bits per heavy atom. The third kappa shape index (κ3) is 3.10. The molecule has 0 fully saturated rings. The number of rotatable bonds is 4. The van der Waals surface area contributed by atoms with Crippen LogP contribution >= 0.6 is 0 Å². The van der Waals surface area contributed by atoms with Crippen molar-refractivity contribution in [3.05, 3.63) is 57.3 Å². The van der Waals surface area contributed by atoms with Crippen LogP contribution < -0.4 is 5.56 Å². The maximum atomic E-state index is 12.7. The number of hydrogen-bond acceptors (Lipinski definition) is 4. The van der Waals surface area contributed by atoms with Crippen LogP contribution in [0.1, 0.15) is 42.5 Å². The van der Waals surface area contributed by atoms with Crippen molar-refractivity contribution in [1.82, 2.24) is 19.7 Å². The van der Waals surface area contributed by atoms with Crippen LogP contribution in [0, 0.1) is 0 Å². The van der Waals surface area contributed by atoms with Gasteiger partial charge >= 0.3 is 6.18 Å². The van der Waals surface area contributed by atoms with Gasteiger partial charge in [0, 0.05) is 6.42 Å². The molecule has 9 heteroatoms. The van der Waals surface area contributed by atoms with Gasteiger partial charge in [0.1, 0.15) is 16.9 Å². The number of benzene rings is 1. The van der Waals surface area contributed by atoms with Gasteiger partial charge in [-0.05, 0) is 24.6 Å². The highest BCUT2D eigenvalue weighted by atomic mass is 19.4. The van der Waals surface area contributed by atoms with Crippen LogP contribution in [0.25, 0.3) is 11.0 Å². The molecule has 0 bridgehead atoms. The molecule has 2 aromatic heterocycles. The second-order valence-corrected chi connectivity index (χ2v) is 5.91. The van der Waals surface area contributed by atoms with E-state index in [0.717, 1.165) is 12.1 Å². The Labute approximate surface area is 146 Å². The largest absolute Gasteiger partial charge is 0.416 e.